The molecule has 1 atom stereocenters. The van der Waals surface area contributed by atoms with E-state index < -0.39 is 0 Å². The molecule has 4 nitrogen and oxygen atoms in total. The van der Waals surface area contributed by atoms with Crippen molar-refractivity contribution < 1.29 is 4.79 Å². The van der Waals surface area contributed by atoms with Gasteiger partial charge in [-0.15, -0.1) is 0 Å². The fraction of sp³-hybridized carbons (Fsp3) is 0.611. The smallest absolute Gasteiger partial charge is 0.238 e. The standard InChI is InChI=1S/C18H27N3O/c1-15-5-4-10-20(13-15)14-18(22)19-16-6-8-17(9-7-16)21-11-2-3-12-21/h6-9,15H,2-5,10-14H2,1H3,(H,19,22)/t15-/m0/s1. The largest absolute Gasteiger partial charge is 0.372 e. The lowest BCUT2D eigenvalue weighted by atomic mass is 10.0. The third kappa shape index (κ3) is 4.01. The molecule has 0 bridgehead atoms. The van der Waals surface area contributed by atoms with Crippen LogP contribution in [0.4, 0.5) is 11.4 Å². The van der Waals surface area contributed by atoms with Gasteiger partial charge in [0.2, 0.25) is 5.91 Å². The number of rotatable bonds is 4. The molecule has 3 rings (SSSR count). The van der Waals surface area contributed by atoms with Gasteiger partial charge >= 0.3 is 0 Å². The van der Waals surface area contributed by atoms with Crippen LogP contribution in [0.5, 0.6) is 0 Å². The van der Waals surface area contributed by atoms with Gasteiger partial charge in [-0.2, -0.15) is 0 Å². The van der Waals surface area contributed by atoms with Crippen molar-refractivity contribution in [2.24, 2.45) is 5.92 Å². The Hall–Kier alpha value is -1.55. The molecule has 1 aromatic carbocycles. The Morgan fingerprint density at radius 2 is 1.86 bits per heavy atom. The van der Waals surface area contributed by atoms with E-state index in [-0.39, 0.29) is 5.91 Å². The Bertz CT molecular complexity index is 494. The highest BCUT2D eigenvalue weighted by Crippen LogP contribution is 2.22. The van der Waals surface area contributed by atoms with E-state index in [1.807, 2.05) is 12.1 Å². The zero-order chi connectivity index (χ0) is 15.4. The maximum absolute atomic E-state index is 12.2. The lowest BCUT2D eigenvalue weighted by Crippen LogP contribution is -2.39. The van der Waals surface area contributed by atoms with Crippen molar-refractivity contribution in [3.05, 3.63) is 24.3 Å². The van der Waals surface area contributed by atoms with E-state index in [4.69, 9.17) is 0 Å². The molecule has 2 saturated heterocycles. The molecule has 0 aromatic heterocycles. The highest BCUT2D eigenvalue weighted by Gasteiger charge is 2.18. The average molecular weight is 301 g/mol. The zero-order valence-electron chi connectivity index (χ0n) is 13.6. The van der Waals surface area contributed by atoms with E-state index in [9.17, 15) is 4.79 Å². The quantitative estimate of drug-likeness (QED) is 0.929. The van der Waals surface area contributed by atoms with E-state index in [1.54, 1.807) is 0 Å². The summed E-state index contributed by atoms with van der Waals surface area (Å²) in [6, 6.07) is 8.27. The lowest BCUT2D eigenvalue weighted by molar-refractivity contribution is -0.117. The Morgan fingerprint density at radius 3 is 2.55 bits per heavy atom. The molecule has 22 heavy (non-hydrogen) atoms. The minimum atomic E-state index is 0.100. The van der Waals surface area contributed by atoms with Gasteiger partial charge in [-0.25, -0.2) is 0 Å². The molecule has 1 aromatic rings. The zero-order valence-corrected chi connectivity index (χ0v) is 13.6. The maximum atomic E-state index is 12.2. The summed E-state index contributed by atoms with van der Waals surface area (Å²) < 4.78 is 0. The third-order valence-electron chi connectivity index (χ3n) is 4.73. The number of piperidine rings is 1. The molecule has 2 heterocycles. The van der Waals surface area contributed by atoms with E-state index >= 15 is 0 Å². The van der Waals surface area contributed by atoms with E-state index in [0.29, 0.717) is 12.5 Å². The van der Waals surface area contributed by atoms with Gasteiger partial charge in [0.1, 0.15) is 0 Å². The number of likely N-dealkylation sites (tertiary alicyclic amines) is 1. The van der Waals surface area contributed by atoms with E-state index in [1.165, 1.54) is 31.4 Å². The second-order valence-electron chi connectivity index (χ2n) is 6.77. The van der Waals surface area contributed by atoms with Crippen LogP contribution in [-0.4, -0.2) is 43.5 Å². The van der Waals surface area contributed by atoms with Crippen molar-refractivity contribution in [3.8, 4) is 0 Å². The number of benzene rings is 1. The summed E-state index contributed by atoms with van der Waals surface area (Å²) in [5.74, 6) is 0.810. The van der Waals surface area contributed by atoms with E-state index in [2.05, 4.69) is 34.2 Å². The molecule has 0 spiro atoms. The number of nitrogens with one attached hydrogen (secondary N) is 1. The van der Waals surface area contributed by atoms with Crippen LogP contribution in [0.15, 0.2) is 24.3 Å². The molecule has 2 aliphatic rings. The van der Waals surface area contributed by atoms with Crippen LogP contribution in [0, 0.1) is 5.92 Å². The van der Waals surface area contributed by atoms with Crippen LogP contribution in [-0.2, 0) is 4.79 Å². The number of hydrogen-bond donors (Lipinski definition) is 1. The number of carbonyl (C=O) groups excluding carboxylic acids is 1. The van der Waals surface area contributed by atoms with Gasteiger partial charge in [0.15, 0.2) is 0 Å². The van der Waals surface area contributed by atoms with Crippen molar-refractivity contribution in [2.75, 3.05) is 42.9 Å². The summed E-state index contributed by atoms with van der Waals surface area (Å²) in [5.41, 5.74) is 2.17. The molecule has 0 radical (unpaired) electrons. The molecule has 0 aliphatic carbocycles. The van der Waals surface area contributed by atoms with Gasteiger partial charge in [-0.3, -0.25) is 9.69 Å². The predicted molar refractivity (Wildman–Crippen MR) is 91.4 cm³/mol. The molecule has 120 valence electrons. The van der Waals surface area contributed by atoms with Crippen LogP contribution < -0.4 is 10.2 Å². The topological polar surface area (TPSA) is 35.6 Å². The molecule has 1 N–H and O–H groups in total. The fourth-order valence-electron chi connectivity index (χ4n) is 3.56. The third-order valence-corrected chi connectivity index (χ3v) is 4.73. The first-order chi connectivity index (χ1) is 10.7. The normalized spacial score (nSPS) is 22.8. The van der Waals surface area contributed by atoms with Crippen molar-refractivity contribution in [1.82, 2.24) is 4.90 Å². The minimum Gasteiger partial charge on any atom is -0.372 e. The molecule has 2 fully saturated rings. The molecule has 1 amide bonds. The predicted octanol–water partition coefficient (Wildman–Crippen LogP) is 2.96. The Morgan fingerprint density at radius 1 is 1.14 bits per heavy atom. The van der Waals surface area contributed by atoms with Gasteiger partial charge in [-0.05, 0) is 62.4 Å². The Balaban J connectivity index is 1.50. The second-order valence-corrected chi connectivity index (χ2v) is 6.77. The minimum absolute atomic E-state index is 0.100. The Labute approximate surface area is 133 Å². The summed E-state index contributed by atoms with van der Waals surface area (Å²) in [4.78, 5) is 16.8. The van der Waals surface area contributed by atoms with Crippen LogP contribution in [0.3, 0.4) is 0 Å². The van der Waals surface area contributed by atoms with Crippen LogP contribution in [0.25, 0.3) is 0 Å². The van der Waals surface area contributed by atoms with Gasteiger partial charge in [-0.1, -0.05) is 6.92 Å². The summed E-state index contributed by atoms with van der Waals surface area (Å²) in [7, 11) is 0. The van der Waals surface area contributed by atoms with Gasteiger partial charge < -0.3 is 10.2 Å². The molecular formula is C18H27N3O. The Kier molecular flexibility index (Phi) is 4.98. The second kappa shape index (κ2) is 7.14. The van der Waals surface area contributed by atoms with Crippen molar-refractivity contribution in [2.45, 2.75) is 32.6 Å². The van der Waals surface area contributed by atoms with E-state index in [0.717, 1.165) is 31.9 Å². The summed E-state index contributed by atoms with van der Waals surface area (Å²) >= 11 is 0. The van der Waals surface area contributed by atoms with Crippen molar-refractivity contribution in [1.29, 1.82) is 0 Å². The number of anilines is 2. The number of nitrogens with zero attached hydrogens (tertiary/aromatic N) is 2. The first-order valence-corrected chi connectivity index (χ1v) is 8.58. The number of carbonyl (C=O) groups is 1. The first kappa shape index (κ1) is 15.3. The van der Waals surface area contributed by atoms with Crippen molar-refractivity contribution in [3.63, 3.8) is 0 Å². The molecular weight excluding hydrogens is 274 g/mol. The fourth-order valence-corrected chi connectivity index (χ4v) is 3.56. The van der Waals surface area contributed by atoms with Gasteiger partial charge in [0, 0.05) is 31.0 Å². The maximum Gasteiger partial charge on any atom is 0.238 e. The SMILES string of the molecule is C[C@H]1CCCN(CC(=O)Nc2ccc(N3CCCC3)cc2)C1. The van der Waals surface area contributed by atoms with Crippen LogP contribution in [0.1, 0.15) is 32.6 Å². The monoisotopic (exact) mass is 301 g/mol. The van der Waals surface area contributed by atoms with Crippen molar-refractivity contribution >= 4 is 17.3 Å². The lowest BCUT2D eigenvalue weighted by Gasteiger charge is -2.30. The number of amides is 1. The van der Waals surface area contributed by atoms with Crippen LogP contribution >= 0.6 is 0 Å². The summed E-state index contributed by atoms with van der Waals surface area (Å²) in [5, 5.41) is 3.02. The average Bonchev–Trinajstić information content (AvgIpc) is 3.02. The molecule has 4 heteroatoms. The summed E-state index contributed by atoms with van der Waals surface area (Å²) in [6.45, 7) is 7.17. The van der Waals surface area contributed by atoms with Gasteiger partial charge in [0.05, 0.1) is 6.54 Å². The van der Waals surface area contributed by atoms with Gasteiger partial charge in [0.25, 0.3) is 0 Å². The van der Waals surface area contributed by atoms with Crippen LogP contribution in [0.2, 0.25) is 0 Å². The number of hydrogen-bond acceptors (Lipinski definition) is 3. The highest BCUT2D eigenvalue weighted by molar-refractivity contribution is 5.92. The summed E-state index contributed by atoms with van der Waals surface area (Å²) in [6.07, 6.45) is 5.06. The highest BCUT2D eigenvalue weighted by atomic mass is 16.2. The molecule has 0 unspecified atom stereocenters. The molecule has 0 saturated carbocycles. The molecule has 2 aliphatic heterocycles. The first-order valence-electron chi connectivity index (χ1n) is 8.58.